The van der Waals surface area contributed by atoms with E-state index in [0.29, 0.717) is 6.04 Å². The molecule has 0 radical (unpaired) electrons. The van der Waals surface area contributed by atoms with Gasteiger partial charge in [-0.1, -0.05) is 18.3 Å². The fourth-order valence-corrected chi connectivity index (χ4v) is 5.11. The van der Waals surface area contributed by atoms with Crippen molar-refractivity contribution in [3.05, 3.63) is 5.01 Å². The SMILES string of the molecule is CCCc1nnc(N[C@H]2CCO[C@@]3(CCSC3)C2)s1. The number of aromatic nitrogens is 2. The highest BCUT2D eigenvalue weighted by molar-refractivity contribution is 7.99. The van der Waals surface area contributed by atoms with Gasteiger partial charge in [0.1, 0.15) is 5.01 Å². The van der Waals surface area contributed by atoms with Gasteiger partial charge in [0, 0.05) is 24.8 Å². The molecule has 1 spiro atoms. The first kappa shape index (κ1) is 13.6. The average Bonchev–Trinajstić information content (AvgIpc) is 3.01. The van der Waals surface area contributed by atoms with Crippen LogP contribution in [0.15, 0.2) is 0 Å². The summed E-state index contributed by atoms with van der Waals surface area (Å²) in [5, 5.41) is 14.2. The van der Waals surface area contributed by atoms with Gasteiger partial charge in [-0.3, -0.25) is 0 Å². The van der Waals surface area contributed by atoms with Crippen molar-refractivity contribution in [2.45, 2.75) is 50.7 Å². The summed E-state index contributed by atoms with van der Waals surface area (Å²) in [4.78, 5) is 0. The Morgan fingerprint density at radius 3 is 3.21 bits per heavy atom. The van der Waals surface area contributed by atoms with Crippen LogP contribution in [0.25, 0.3) is 0 Å². The smallest absolute Gasteiger partial charge is 0.205 e. The third-order valence-corrected chi connectivity index (χ3v) is 5.96. The van der Waals surface area contributed by atoms with Gasteiger partial charge in [0.2, 0.25) is 5.13 Å². The number of hydrogen-bond acceptors (Lipinski definition) is 6. The Morgan fingerprint density at radius 2 is 2.42 bits per heavy atom. The predicted molar refractivity (Wildman–Crippen MR) is 81.2 cm³/mol. The van der Waals surface area contributed by atoms with Gasteiger partial charge in [-0.15, -0.1) is 10.2 Å². The third-order valence-electron chi connectivity index (χ3n) is 3.82. The van der Waals surface area contributed by atoms with Crippen molar-refractivity contribution in [1.29, 1.82) is 0 Å². The zero-order chi connectivity index (χ0) is 13.1. The topological polar surface area (TPSA) is 47.0 Å². The Morgan fingerprint density at radius 1 is 1.47 bits per heavy atom. The molecule has 3 rings (SSSR count). The van der Waals surface area contributed by atoms with E-state index in [2.05, 4.69) is 22.4 Å². The van der Waals surface area contributed by atoms with Gasteiger partial charge in [-0.25, -0.2) is 0 Å². The zero-order valence-electron chi connectivity index (χ0n) is 11.4. The molecule has 0 unspecified atom stereocenters. The molecule has 2 fully saturated rings. The Kier molecular flexibility index (Phi) is 4.29. The minimum atomic E-state index is 0.136. The first-order valence-corrected chi connectivity index (χ1v) is 9.07. The highest BCUT2D eigenvalue weighted by Gasteiger charge is 2.40. The van der Waals surface area contributed by atoms with Crippen molar-refractivity contribution in [2.24, 2.45) is 0 Å². The van der Waals surface area contributed by atoms with Gasteiger partial charge in [-0.2, -0.15) is 11.8 Å². The molecule has 1 N–H and O–H groups in total. The quantitative estimate of drug-likeness (QED) is 0.926. The first-order chi connectivity index (χ1) is 9.30. The minimum Gasteiger partial charge on any atom is -0.374 e. The summed E-state index contributed by atoms with van der Waals surface area (Å²) < 4.78 is 6.04. The number of thioether (sulfide) groups is 1. The maximum absolute atomic E-state index is 6.04. The fourth-order valence-electron chi connectivity index (χ4n) is 2.82. The largest absolute Gasteiger partial charge is 0.374 e. The lowest BCUT2D eigenvalue weighted by molar-refractivity contribution is -0.0628. The van der Waals surface area contributed by atoms with Crippen LogP contribution in [0.4, 0.5) is 5.13 Å². The van der Waals surface area contributed by atoms with Gasteiger partial charge in [0.15, 0.2) is 0 Å². The van der Waals surface area contributed by atoms with Crippen LogP contribution in [0.2, 0.25) is 0 Å². The Labute approximate surface area is 122 Å². The lowest BCUT2D eigenvalue weighted by atomic mass is 9.90. The fraction of sp³-hybridized carbons (Fsp3) is 0.846. The molecule has 3 heterocycles. The van der Waals surface area contributed by atoms with Gasteiger partial charge in [0.05, 0.1) is 5.60 Å². The second-order valence-corrected chi connectivity index (χ2v) is 7.59. The molecule has 4 nitrogen and oxygen atoms in total. The van der Waals surface area contributed by atoms with Crippen molar-refractivity contribution < 1.29 is 4.74 Å². The zero-order valence-corrected chi connectivity index (χ0v) is 13.0. The predicted octanol–water partition coefficient (Wildman–Crippen LogP) is 2.96. The van der Waals surface area contributed by atoms with Crippen LogP contribution in [0.1, 0.15) is 37.6 Å². The van der Waals surface area contributed by atoms with Crippen molar-refractivity contribution in [3.8, 4) is 0 Å². The molecule has 0 amide bonds. The van der Waals surface area contributed by atoms with Crippen LogP contribution in [0, 0.1) is 0 Å². The van der Waals surface area contributed by atoms with E-state index in [4.69, 9.17) is 4.74 Å². The van der Waals surface area contributed by atoms with E-state index in [-0.39, 0.29) is 5.60 Å². The van der Waals surface area contributed by atoms with Crippen molar-refractivity contribution in [2.75, 3.05) is 23.4 Å². The molecule has 2 aliphatic rings. The number of nitrogens with one attached hydrogen (secondary N) is 1. The maximum atomic E-state index is 6.04. The van der Waals surface area contributed by atoms with Crippen LogP contribution in [-0.4, -0.2) is 40.0 Å². The average molecular weight is 299 g/mol. The maximum Gasteiger partial charge on any atom is 0.205 e. The summed E-state index contributed by atoms with van der Waals surface area (Å²) in [6.07, 6.45) is 5.56. The van der Waals surface area contributed by atoms with Crippen LogP contribution in [-0.2, 0) is 11.2 Å². The van der Waals surface area contributed by atoms with Crippen molar-refractivity contribution in [1.82, 2.24) is 10.2 Å². The van der Waals surface area contributed by atoms with E-state index in [0.717, 1.165) is 48.2 Å². The summed E-state index contributed by atoms with van der Waals surface area (Å²) in [7, 11) is 0. The van der Waals surface area contributed by atoms with E-state index in [1.165, 1.54) is 12.2 Å². The van der Waals surface area contributed by atoms with Crippen molar-refractivity contribution in [3.63, 3.8) is 0 Å². The highest BCUT2D eigenvalue weighted by Crippen LogP contribution is 2.39. The molecule has 0 bridgehead atoms. The molecule has 2 atom stereocenters. The first-order valence-electron chi connectivity index (χ1n) is 7.10. The summed E-state index contributed by atoms with van der Waals surface area (Å²) in [6.45, 7) is 3.05. The number of anilines is 1. The van der Waals surface area contributed by atoms with Gasteiger partial charge in [-0.05, 0) is 31.4 Å². The van der Waals surface area contributed by atoms with Gasteiger partial charge in [0.25, 0.3) is 0 Å². The molecular weight excluding hydrogens is 278 g/mol. The molecule has 2 saturated heterocycles. The lowest BCUT2D eigenvalue weighted by Gasteiger charge is -2.37. The van der Waals surface area contributed by atoms with E-state index in [1.54, 1.807) is 11.3 Å². The van der Waals surface area contributed by atoms with E-state index in [1.807, 2.05) is 11.8 Å². The van der Waals surface area contributed by atoms with Crippen LogP contribution in [0.5, 0.6) is 0 Å². The van der Waals surface area contributed by atoms with Gasteiger partial charge >= 0.3 is 0 Å². The third kappa shape index (κ3) is 3.23. The van der Waals surface area contributed by atoms with E-state index in [9.17, 15) is 0 Å². The molecule has 19 heavy (non-hydrogen) atoms. The van der Waals surface area contributed by atoms with E-state index < -0.39 is 0 Å². The standard InChI is InChI=1S/C13H21N3OS2/c1-2-3-11-15-16-12(19-11)14-10-4-6-17-13(8-10)5-7-18-9-13/h10H,2-9H2,1H3,(H,14,16)/t10-,13-/m0/s1. The molecular formula is C13H21N3OS2. The molecule has 0 saturated carbocycles. The second kappa shape index (κ2) is 5.97. The van der Waals surface area contributed by atoms with Crippen LogP contribution < -0.4 is 5.32 Å². The molecule has 106 valence electrons. The second-order valence-electron chi connectivity index (χ2n) is 5.42. The Hall–Kier alpha value is -0.330. The minimum absolute atomic E-state index is 0.136. The van der Waals surface area contributed by atoms with Crippen molar-refractivity contribution >= 4 is 28.2 Å². The monoisotopic (exact) mass is 299 g/mol. The number of rotatable bonds is 4. The van der Waals surface area contributed by atoms with E-state index >= 15 is 0 Å². The summed E-state index contributed by atoms with van der Waals surface area (Å²) in [5.41, 5.74) is 0.136. The number of aryl methyl sites for hydroxylation is 1. The Balaban J connectivity index is 1.59. The molecule has 6 heteroatoms. The van der Waals surface area contributed by atoms with Gasteiger partial charge < -0.3 is 10.1 Å². The molecule has 2 aliphatic heterocycles. The molecule has 0 aliphatic carbocycles. The van der Waals surface area contributed by atoms with Crippen LogP contribution in [0.3, 0.4) is 0 Å². The molecule has 1 aromatic heterocycles. The molecule has 1 aromatic rings. The number of hydrogen-bond donors (Lipinski definition) is 1. The normalized spacial score (nSPS) is 30.9. The highest BCUT2D eigenvalue weighted by atomic mass is 32.2. The van der Waals surface area contributed by atoms with Crippen LogP contribution >= 0.6 is 23.1 Å². The summed E-state index contributed by atoms with van der Waals surface area (Å²) >= 11 is 3.72. The molecule has 0 aromatic carbocycles. The lowest BCUT2D eigenvalue weighted by Crippen LogP contribution is -2.44. The number of ether oxygens (including phenoxy) is 1. The number of nitrogens with zero attached hydrogens (tertiary/aromatic N) is 2. The summed E-state index contributed by atoms with van der Waals surface area (Å²) in [6, 6.07) is 0.495. The Bertz CT molecular complexity index is 418. The summed E-state index contributed by atoms with van der Waals surface area (Å²) in [5.74, 6) is 2.40.